The highest BCUT2D eigenvalue weighted by atomic mass is 16.5. The van der Waals surface area contributed by atoms with Gasteiger partial charge in [0.2, 0.25) is 0 Å². The van der Waals surface area contributed by atoms with Crippen LogP contribution >= 0.6 is 0 Å². The van der Waals surface area contributed by atoms with E-state index in [0.717, 1.165) is 38.5 Å². The molecule has 1 N–H and O–H groups in total. The molecule has 3 unspecified atom stereocenters. The lowest BCUT2D eigenvalue weighted by Crippen LogP contribution is -2.31. The smallest absolute Gasteiger partial charge is 0.309 e. The highest BCUT2D eigenvalue weighted by molar-refractivity contribution is 5.75. The Morgan fingerprint density at radius 3 is 2.08 bits per heavy atom. The molecule has 1 saturated carbocycles. The number of carboxylic acid groups (broad SMARTS) is 1. The molecule has 26 heavy (non-hydrogen) atoms. The van der Waals surface area contributed by atoms with Crippen molar-refractivity contribution in [3.05, 3.63) is 0 Å². The van der Waals surface area contributed by atoms with E-state index >= 15 is 0 Å². The van der Waals surface area contributed by atoms with Gasteiger partial charge in [-0.2, -0.15) is 0 Å². The Hall–Kier alpha value is -1.06. The summed E-state index contributed by atoms with van der Waals surface area (Å²) in [5.41, 5.74) is 0. The van der Waals surface area contributed by atoms with Crippen molar-refractivity contribution in [3.8, 4) is 0 Å². The summed E-state index contributed by atoms with van der Waals surface area (Å²) < 4.78 is 5.86. The van der Waals surface area contributed by atoms with E-state index in [4.69, 9.17) is 4.74 Å². The lowest BCUT2D eigenvalue weighted by molar-refractivity contribution is -0.158. The van der Waals surface area contributed by atoms with Crippen LogP contribution in [0, 0.1) is 11.8 Å². The van der Waals surface area contributed by atoms with Crippen molar-refractivity contribution >= 4 is 11.9 Å². The van der Waals surface area contributed by atoms with Crippen molar-refractivity contribution in [2.75, 3.05) is 0 Å². The van der Waals surface area contributed by atoms with Crippen molar-refractivity contribution in [3.63, 3.8) is 0 Å². The molecule has 0 spiro atoms. The molecule has 1 rings (SSSR count). The van der Waals surface area contributed by atoms with E-state index in [0.29, 0.717) is 12.8 Å². The lowest BCUT2D eigenvalue weighted by Gasteiger charge is -2.27. The third-order valence-electron chi connectivity index (χ3n) is 5.65. The van der Waals surface area contributed by atoms with Gasteiger partial charge < -0.3 is 9.84 Å². The molecule has 0 amide bonds. The molecule has 0 heterocycles. The van der Waals surface area contributed by atoms with Crippen LogP contribution in [0.4, 0.5) is 0 Å². The number of carbonyl (C=O) groups excluding carboxylic acids is 1. The fourth-order valence-electron chi connectivity index (χ4n) is 3.93. The maximum absolute atomic E-state index is 12.6. The second-order valence-corrected chi connectivity index (χ2v) is 8.01. The van der Waals surface area contributed by atoms with E-state index in [1.165, 1.54) is 44.9 Å². The molecule has 4 nitrogen and oxygen atoms in total. The van der Waals surface area contributed by atoms with Crippen molar-refractivity contribution in [2.24, 2.45) is 11.8 Å². The monoisotopic (exact) mass is 368 g/mol. The number of carbonyl (C=O) groups is 2. The van der Waals surface area contributed by atoms with Gasteiger partial charge in [-0.15, -0.1) is 0 Å². The summed E-state index contributed by atoms with van der Waals surface area (Å²) in [5, 5.41) is 9.22. The van der Waals surface area contributed by atoms with Crippen LogP contribution in [0.3, 0.4) is 0 Å². The topological polar surface area (TPSA) is 63.6 Å². The van der Waals surface area contributed by atoms with Gasteiger partial charge in [-0.05, 0) is 44.9 Å². The summed E-state index contributed by atoms with van der Waals surface area (Å²) in [6.07, 6.45) is 15.6. The predicted octanol–water partition coefficient (Wildman–Crippen LogP) is 6.12. The van der Waals surface area contributed by atoms with Crippen LogP contribution in [0.5, 0.6) is 0 Å². The predicted molar refractivity (Wildman–Crippen MR) is 105 cm³/mol. The summed E-state index contributed by atoms with van der Waals surface area (Å²) in [4.78, 5) is 23.8. The number of hydrogen-bond acceptors (Lipinski definition) is 3. The maximum atomic E-state index is 12.6. The zero-order chi connectivity index (χ0) is 19.2. The quantitative estimate of drug-likeness (QED) is 0.296. The number of carboxylic acids is 1. The minimum absolute atomic E-state index is 0.0189. The van der Waals surface area contributed by atoms with E-state index < -0.39 is 5.97 Å². The maximum Gasteiger partial charge on any atom is 0.309 e. The number of rotatable bonds is 14. The Bertz CT molecular complexity index is 394. The molecule has 0 radical (unpaired) electrons. The van der Waals surface area contributed by atoms with Gasteiger partial charge in [-0.25, -0.2) is 0 Å². The van der Waals surface area contributed by atoms with Crippen LogP contribution in [0.15, 0.2) is 0 Å². The summed E-state index contributed by atoms with van der Waals surface area (Å²) >= 11 is 0. The molecular formula is C22H40O4. The van der Waals surface area contributed by atoms with Crippen LogP contribution in [-0.2, 0) is 14.3 Å². The zero-order valence-corrected chi connectivity index (χ0v) is 17.0. The molecule has 4 heteroatoms. The molecule has 0 saturated heterocycles. The molecule has 0 aromatic rings. The fraction of sp³-hybridized carbons (Fsp3) is 0.909. The van der Waals surface area contributed by atoms with Gasteiger partial charge in [-0.3, -0.25) is 9.59 Å². The molecular weight excluding hydrogens is 328 g/mol. The van der Waals surface area contributed by atoms with Gasteiger partial charge in [0.15, 0.2) is 0 Å². The van der Waals surface area contributed by atoms with Crippen LogP contribution in [0.25, 0.3) is 0 Å². The van der Waals surface area contributed by atoms with E-state index in [1.807, 2.05) is 0 Å². The Balaban J connectivity index is 2.41. The van der Waals surface area contributed by atoms with E-state index in [2.05, 4.69) is 13.8 Å². The van der Waals surface area contributed by atoms with Crippen LogP contribution in [-0.4, -0.2) is 23.1 Å². The Labute approximate surface area is 160 Å². The first-order valence-corrected chi connectivity index (χ1v) is 11.0. The number of unbranched alkanes of at least 4 members (excludes halogenated alkanes) is 7. The number of aliphatic carboxylic acids is 1. The third-order valence-corrected chi connectivity index (χ3v) is 5.65. The molecule has 0 aliphatic heterocycles. The first-order valence-electron chi connectivity index (χ1n) is 11.0. The normalized spacial score (nSPS) is 21.3. The summed E-state index contributed by atoms with van der Waals surface area (Å²) in [6.45, 7) is 4.41. The molecule has 1 fully saturated rings. The Morgan fingerprint density at radius 1 is 0.885 bits per heavy atom. The second-order valence-electron chi connectivity index (χ2n) is 8.01. The molecule has 0 aromatic carbocycles. The first kappa shape index (κ1) is 23.0. The van der Waals surface area contributed by atoms with Gasteiger partial charge in [-0.1, -0.05) is 65.2 Å². The molecule has 1 aliphatic carbocycles. The van der Waals surface area contributed by atoms with E-state index in [9.17, 15) is 14.7 Å². The van der Waals surface area contributed by atoms with Gasteiger partial charge in [0.1, 0.15) is 6.10 Å². The number of esters is 1. The van der Waals surface area contributed by atoms with E-state index in [1.54, 1.807) is 0 Å². The molecule has 0 bridgehead atoms. The number of hydrogen-bond donors (Lipinski definition) is 1. The summed E-state index contributed by atoms with van der Waals surface area (Å²) in [7, 11) is 0. The minimum Gasteiger partial charge on any atom is -0.481 e. The number of ether oxygens (including phenoxy) is 1. The lowest BCUT2D eigenvalue weighted by atomic mass is 9.81. The molecule has 0 aromatic heterocycles. The van der Waals surface area contributed by atoms with Gasteiger partial charge in [0.05, 0.1) is 11.8 Å². The van der Waals surface area contributed by atoms with Crippen LogP contribution < -0.4 is 0 Å². The van der Waals surface area contributed by atoms with Crippen molar-refractivity contribution in [1.82, 2.24) is 0 Å². The van der Waals surface area contributed by atoms with Gasteiger partial charge in [0.25, 0.3) is 0 Å². The van der Waals surface area contributed by atoms with Gasteiger partial charge >= 0.3 is 11.9 Å². The molecule has 1 aliphatic rings. The Kier molecular flexibility index (Phi) is 12.4. The van der Waals surface area contributed by atoms with Crippen molar-refractivity contribution in [2.45, 2.75) is 116 Å². The van der Waals surface area contributed by atoms with E-state index in [-0.39, 0.29) is 23.9 Å². The summed E-state index contributed by atoms with van der Waals surface area (Å²) in [5.74, 6) is -1.51. The molecule has 152 valence electrons. The standard InChI is InChI=1S/C22H40O4/c1-3-5-7-8-9-11-16-20(15-10-6-4-2)26-22(25)19-14-12-13-18(17-19)21(23)24/h18-20H,3-17H2,1-2H3,(H,23,24). The second kappa shape index (κ2) is 14.1. The average molecular weight is 369 g/mol. The van der Waals surface area contributed by atoms with Gasteiger partial charge in [0, 0.05) is 0 Å². The minimum atomic E-state index is -0.769. The average Bonchev–Trinajstić information content (AvgIpc) is 2.64. The van der Waals surface area contributed by atoms with Crippen LogP contribution in [0.1, 0.15) is 110 Å². The Morgan fingerprint density at radius 2 is 1.42 bits per heavy atom. The summed E-state index contributed by atoms with van der Waals surface area (Å²) in [6, 6.07) is 0. The molecule has 3 atom stereocenters. The largest absolute Gasteiger partial charge is 0.481 e. The zero-order valence-electron chi connectivity index (χ0n) is 17.0. The highest BCUT2D eigenvalue weighted by Crippen LogP contribution is 2.31. The third kappa shape index (κ3) is 9.59. The van der Waals surface area contributed by atoms with Crippen LogP contribution in [0.2, 0.25) is 0 Å². The fourth-order valence-corrected chi connectivity index (χ4v) is 3.93. The van der Waals surface area contributed by atoms with Crippen molar-refractivity contribution in [1.29, 1.82) is 0 Å². The SMILES string of the molecule is CCCCCCCCC(CCCCC)OC(=O)C1CCCC(C(=O)O)C1. The first-order chi connectivity index (χ1) is 12.6. The highest BCUT2D eigenvalue weighted by Gasteiger charge is 2.32. The van der Waals surface area contributed by atoms with Crippen molar-refractivity contribution < 1.29 is 19.4 Å².